The summed E-state index contributed by atoms with van der Waals surface area (Å²) in [4.78, 5) is 57.4. The maximum atomic E-state index is 12.2. The van der Waals surface area contributed by atoms with Crippen LogP contribution in [0.15, 0.2) is 84.9 Å². The van der Waals surface area contributed by atoms with E-state index in [0.717, 1.165) is 17.5 Å². The van der Waals surface area contributed by atoms with Gasteiger partial charge in [-0.15, -0.1) is 0 Å². The van der Waals surface area contributed by atoms with E-state index >= 15 is 0 Å². The molecule has 9 N–H and O–H groups in total. The van der Waals surface area contributed by atoms with Crippen LogP contribution in [0.4, 0.5) is 0 Å². The van der Waals surface area contributed by atoms with Gasteiger partial charge in [-0.25, -0.2) is 0 Å². The van der Waals surface area contributed by atoms with Crippen LogP contribution in [0.2, 0.25) is 0 Å². The molecule has 348 valence electrons. The Hall–Kier alpha value is -6.37. The van der Waals surface area contributed by atoms with Gasteiger partial charge in [0.05, 0.1) is 0 Å². The number of rotatable bonds is 12. The van der Waals surface area contributed by atoms with E-state index in [2.05, 4.69) is 99.4 Å². The highest BCUT2D eigenvalue weighted by atomic mass is 16.2. The zero-order valence-corrected chi connectivity index (χ0v) is 40.4. The quantitative estimate of drug-likeness (QED) is 0.0604. The molecule has 0 aliphatic heterocycles. The Bertz CT molecular complexity index is 2210. The lowest BCUT2D eigenvalue weighted by Crippen LogP contribution is -2.29. The lowest BCUT2D eigenvalue weighted by Gasteiger charge is -2.10. The maximum absolute atomic E-state index is 12.2. The van der Waals surface area contributed by atoms with E-state index in [0.29, 0.717) is 72.7 Å². The van der Waals surface area contributed by atoms with Gasteiger partial charge in [-0.1, -0.05) is 128 Å². The first-order valence-electron chi connectivity index (χ1n) is 22.2. The molecule has 0 aliphatic rings. The third-order valence-electron chi connectivity index (χ3n) is 9.07. The molecular formula is C54H72N6O5. The predicted octanol–water partition coefficient (Wildman–Crippen LogP) is 8.23. The van der Waals surface area contributed by atoms with Gasteiger partial charge in [-0.05, 0) is 89.9 Å². The van der Waals surface area contributed by atoms with Crippen LogP contribution in [-0.4, -0.2) is 49.0 Å². The van der Waals surface area contributed by atoms with E-state index in [1.54, 1.807) is 37.3 Å². The van der Waals surface area contributed by atoms with E-state index in [1.807, 2.05) is 57.2 Å². The molecule has 0 heterocycles. The smallest absolute Gasteiger partial charge is 0.257 e. The van der Waals surface area contributed by atoms with E-state index in [9.17, 15) is 24.0 Å². The molecule has 0 atom stereocenters. The van der Waals surface area contributed by atoms with Crippen molar-refractivity contribution in [1.82, 2.24) is 16.0 Å². The number of amides is 4. The molecule has 0 saturated heterocycles. The summed E-state index contributed by atoms with van der Waals surface area (Å²) < 4.78 is 0. The molecule has 0 unspecified atom stereocenters. The number of nitrogens with two attached hydrogens (primary N) is 3. The molecule has 11 nitrogen and oxygen atoms in total. The van der Waals surface area contributed by atoms with Crippen LogP contribution in [0, 0.1) is 35.5 Å². The average Bonchev–Trinajstić information content (AvgIpc) is 3.28. The van der Waals surface area contributed by atoms with Gasteiger partial charge in [-0.2, -0.15) is 0 Å². The first-order valence-corrected chi connectivity index (χ1v) is 22.2. The lowest BCUT2D eigenvalue weighted by molar-refractivity contribution is -0.118. The molecule has 65 heavy (non-hydrogen) atoms. The number of hydrogen-bond acceptors (Lipinski definition) is 8. The number of hydrogen-bond donors (Lipinski definition) is 6. The van der Waals surface area contributed by atoms with Crippen molar-refractivity contribution in [2.45, 2.75) is 108 Å². The van der Waals surface area contributed by atoms with Crippen LogP contribution in [0.5, 0.6) is 0 Å². The van der Waals surface area contributed by atoms with Gasteiger partial charge in [-0.3, -0.25) is 29.3 Å². The van der Waals surface area contributed by atoms with Crippen molar-refractivity contribution in [2.75, 3.05) is 19.6 Å². The molecule has 0 fully saturated rings. The minimum atomic E-state index is -0.349. The van der Waals surface area contributed by atoms with Crippen molar-refractivity contribution in [3.8, 4) is 23.7 Å². The fraction of sp³-hybridized carbons (Fsp3) is 0.389. The number of ketones is 1. The second-order valence-corrected chi connectivity index (χ2v) is 16.5. The maximum Gasteiger partial charge on any atom is 0.257 e. The third-order valence-corrected chi connectivity index (χ3v) is 9.07. The summed E-state index contributed by atoms with van der Waals surface area (Å²) in [6.07, 6.45) is 0.850. The van der Waals surface area contributed by atoms with Gasteiger partial charge >= 0.3 is 0 Å². The Morgan fingerprint density at radius 2 is 0.985 bits per heavy atom. The van der Waals surface area contributed by atoms with E-state index < -0.39 is 0 Å². The van der Waals surface area contributed by atoms with Gasteiger partial charge in [0, 0.05) is 84.9 Å². The van der Waals surface area contributed by atoms with Crippen molar-refractivity contribution < 1.29 is 24.0 Å². The van der Waals surface area contributed by atoms with Gasteiger partial charge in [0.15, 0.2) is 5.78 Å². The standard InChI is InChI=1S/C18H25N3O2.C13H14O.C12H15NO2.C11H18N2/c1-4-8-20-17(22)15-10-14(6-5-13(2)3)11-16(12-15)18(23)21-9-7-19;1-10(2)4-5-12-6-8-13(9-7-12)11(3)14;1-8(2)10-4-6-11(7-5-10)12(15)13-9(3)14;1-8(2)11-4-9(6-12)3-10(5-11)7-13/h10-13H,4,7-9,19H2,1-3H3,(H,20,22)(H,21,23);6-10H,1-3H3;4-8H,1-3H3,(H,13,14,15);3-5,8H,6-7,12-13H2,1-2H3. The molecule has 4 rings (SSSR count). The van der Waals surface area contributed by atoms with Gasteiger partial charge in [0.1, 0.15) is 0 Å². The summed E-state index contributed by atoms with van der Waals surface area (Å²) in [5.41, 5.74) is 25.2. The second kappa shape index (κ2) is 30.7. The highest BCUT2D eigenvalue weighted by Gasteiger charge is 2.13. The monoisotopic (exact) mass is 885 g/mol. The first-order chi connectivity index (χ1) is 30.7. The Kier molecular flexibility index (Phi) is 26.7. The summed E-state index contributed by atoms with van der Waals surface area (Å²) in [5.74, 6) is 12.7. The summed E-state index contributed by atoms with van der Waals surface area (Å²) in [5, 5.41) is 7.75. The van der Waals surface area contributed by atoms with E-state index in [1.165, 1.54) is 29.2 Å². The average molecular weight is 885 g/mol. The highest BCUT2D eigenvalue weighted by molar-refractivity contribution is 6.04. The normalized spacial score (nSPS) is 10.1. The number of Topliss-reactive ketones (excluding diaryl/α,β-unsaturated/α-hetero) is 1. The van der Waals surface area contributed by atoms with Crippen LogP contribution < -0.4 is 33.2 Å². The lowest BCUT2D eigenvalue weighted by atomic mass is 9.98. The minimum Gasteiger partial charge on any atom is -0.352 e. The first kappa shape index (κ1) is 56.6. The molecule has 4 aromatic rings. The fourth-order valence-corrected chi connectivity index (χ4v) is 5.45. The summed E-state index contributed by atoms with van der Waals surface area (Å²) in [6.45, 7) is 24.0. The van der Waals surface area contributed by atoms with Crippen molar-refractivity contribution in [1.29, 1.82) is 0 Å². The van der Waals surface area contributed by atoms with Gasteiger partial charge in [0.25, 0.3) is 17.7 Å². The molecule has 4 aromatic carbocycles. The Morgan fingerprint density at radius 1 is 0.523 bits per heavy atom. The molecule has 11 heteroatoms. The van der Waals surface area contributed by atoms with Gasteiger partial charge < -0.3 is 27.8 Å². The molecule has 0 bridgehead atoms. The SMILES string of the molecule is CC(=O)NC(=O)c1ccc(C(C)C)cc1.CC(=O)c1ccc(C#CC(C)C)cc1.CC(C)c1cc(CN)cc(CN)c1.CCCNC(=O)c1cc(C#CC(C)C)cc(C(=O)NCCN)c1. The minimum absolute atomic E-state index is 0.0911. The number of carbonyl (C=O) groups is 5. The Morgan fingerprint density at radius 3 is 1.38 bits per heavy atom. The van der Waals surface area contributed by atoms with E-state index in [4.69, 9.17) is 17.2 Å². The second-order valence-electron chi connectivity index (χ2n) is 16.5. The zero-order chi connectivity index (χ0) is 49.1. The molecule has 0 aromatic heterocycles. The third kappa shape index (κ3) is 23.2. The molecule has 0 saturated carbocycles. The van der Waals surface area contributed by atoms with Crippen LogP contribution in [-0.2, 0) is 17.9 Å². The number of imide groups is 1. The Balaban J connectivity index is 0.000000446. The van der Waals surface area contributed by atoms with Gasteiger partial charge in [0.2, 0.25) is 5.91 Å². The number of nitrogens with one attached hydrogen (secondary N) is 3. The molecule has 0 aliphatic carbocycles. The van der Waals surface area contributed by atoms with E-state index in [-0.39, 0.29) is 35.3 Å². The molecule has 0 radical (unpaired) electrons. The predicted molar refractivity (Wildman–Crippen MR) is 265 cm³/mol. The fourth-order valence-electron chi connectivity index (χ4n) is 5.45. The number of carbonyl (C=O) groups excluding carboxylic acids is 5. The zero-order valence-electron chi connectivity index (χ0n) is 40.4. The molecule has 4 amide bonds. The van der Waals surface area contributed by atoms with Crippen LogP contribution in [0.3, 0.4) is 0 Å². The van der Waals surface area contributed by atoms with Crippen LogP contribution >= 0.6 is 0 Å². The topological polar surface area (TPSA) is 200 Å². The van der Waals surface area contributed by atoms with Crippen LogP contribution in [0.1, 0.15) is 169 Å². The highest BCUT2D eigenvalue weighted by Crippen LogP contribution is 2.18. The molecular weight excluding hydrogens is 813 g/mol. The Labute approximate surface area is 388 Å². The summed E-state index contributed by atoms with van der Waals surface area (Å²) in [7, 11) is 0. The van der Waals surface area contributed by atoms with Crippen molar-refractivity contribution in [2.24, 2.45) is 29.0 Å². The summed E-state index contributed by atoms with van der Waals surface area (Å²) in [6, 6.07) is 26.0. The van der Waals surface area contributed by atoms with Crippen molar-refractivity contribution >= 4 is 29.4 Å². The largest absolute Gasteiger partial charge is 0.352 e. The molecule has 0 spiro atoms. The van der Waals surface area contributed by atoms with Crippen LogP contribution in [0.25, 0.3) is 0 Å². The summed E-state index contributed by atoms with van der Waals surface area (Å²) >= 11 is 0. The van der Waals surface area contributed by atoms with Crippen molar-refractivity contribution in [3.05, 3.63) is 141 Å². The number of benzene rings is 4. The van der Waals surface area contributed by atoms with Crippen molar-refractivity contribution in [3.63, 3.8) is 0 Å².